The molecular formula is C13H23BrN2O2S2. The zero-order chi connectivity index (χ0) is 15.4. The smallest absolute Gasteiger partial charge is 0.243 e. The van der Waals surface area contributed by atoms with Crippen LogP contribution in [0.1, 0.15) is 45.4 Å². The molecular weight excluding hydrogens is 360 g/mol. The van der Waals surface area contributed by atoms with Gasteiger partial charge in [-0.2, -0.15) is 0 Å². The molecule has 0 aliphatic carbocycles. The van der Waals surface area contributed by atoms with Crippen molar-refractivity contribution in [1.82, 2.24) is 10.0 Å². The van der Waals surface area contributed by atoms with Gasteiger partial charge in [0.25, 0.3) is 0 Å². The zero-order valence-electron chi connectivity index (χ0n) is 12.4. The first-order chi connectivity index (χ1) is 9.22. The van der Waals surface area contributed by atoms with Crippen LogP contribution in [0.4, 0.5) is 0 Å². The van der Waals surface area contributed by atoms with Gasteiger partial charge in [0.15, 0.2) is 0 Å². The van der Waals surface area contributed by atoms with Crippen molar-refractivity contribution < 1.29 is 8.42 Å². The number of rotatable bonds is 8. The monoisotopic (exact) mass is 382 g/mol. The Hall–Kier alpha value is 0.0500. The van der Waals surface area contributed by atoms with E-state index in [1.165, 1.54) is 11.3 Å². The Balaban J connectivity index is 2.90. The summed E-state index contributed by atoms with van der Waals surface area (Å²) in [6.45, 7) is 9.46. The third kappa shape index (κ3) is 5.11. The van der Waals surface area contributed by atoms with Gasteiger partial charge in [-0.1, -0.05) is 13.8 Å². The number of thiophene rings is 1. The summed E-state index contributed by atoms with van der Waals surface area (Å²) in [4.78, 5) is 1.34. The first-order valence-corrected chi connectivity index (χ1v) is 9.84. The average molecular weight is 383 g/mol. The van der Waals surface area contributed by atoms with E-state index >= 15 is 0 Å². The molecule has 0 unspecified atom stereocenters. The highest BCUT2D eigenvalue weighted by atomic mass is 79.9. The van der Waals surface area contributed by atoms with Crippen LogP contribution in [0.2, 0.25) is 0 Å². The second-order valence-electron chi connectivity index (χ2n) is 5.37. The normalized spacial score (nSPS) is 12.8. The molecule has 0 bridgehead atoms. The van der Waals surface area contributed by atoms with Crippen LogP contribution < -0.4 is 10.0 Å². The molecule has 4 nitrogen and oxygen atoms in total. The Kier molecular flexibility index (Phi) is 6.66. The van der Waals surface area contributed by atoms with Crippen molar-refractivity contribution in [2.24, 2.45) is 0 Å². The number of hydrogen-bond donors (Lipinski definition) is 2. The summed E-state index contributed by atoms with van der Waals surface area (Å²) in [6, 6.07) is 1.74. The second-order valence-corrected chi connectivity index (χ2v) is 9.48. The van der Waals surface area contributed by atoms with Crippen LogP contribution in [0, 0.1) is 0 Å². The van der Waals surface area contributed by atoms with E-state index in [2.05, 4.69) is 32.9 Å². The number of hydrogen-bond acceptors (Lipinski definition) is 4. The zero-order valence-corrected chi connectivity index (χ0v) is 15.6. The third-order valence-electron chi connectivity index (χ3n) is 3.02. The summed E-state index contributed by atoms with van der Waals surface area (Å²) in [5.74, 6) is 0. The topological polar surface area (TPSA) is 58.2 Å². The average Bonchev–Trinajstić information content (AvgIpc) is 2.70. The minimum absolute atomic E-state index is 0.331. The second kappa shape index (κ2) is 7.35. The molecule has 2 N–H and O–H groups in total. The van der Waals surface area contributed by atoms with E-state index in [9.17, 15) is 8.42 Å². The Morgan fingerprint density at radius 3 is 2.55 bits per heavy atom. The molecule has 0 saturated heterocycles. The molecule has 1 heterocycles. The van der Waals surface area contributed by atoms with Crippen LogP contribution in [-0.4, -0.2) is 20.5 Å². The number of sulfonamides is 1. The quantitative estimate of drug-likeness (QED) is 0.676. The van der Waals surface area contributed by atoms with E-state index < -0.39 is 15.6 Å². The van der Waals surface area contributed by atoms with E-state index in [1.54, 1.807) is 6.07 Å². The van der Waals surface area contributed by atoms with E-state index in [0.29, 0.717) is 15.2 Å². The lowest BCUT2D eigenvalue weighted by atomic mass is 10.0. The minimum atomic E-state index is -3.48. The summed E-state index contributed by atoms with van der Waals surface area (Å²) in [6.07, 6.45) is 1.79. The van der Waals surface area contributed by atoms with E-state index in [-0.39, 0.29) is 0 Å². The summed E-state index contributed by atoms with van der Waals surface area (Å²) in [5, 5.41) is 3.28. The van der Waals surface area contributed by atoms with Gasteiger partial charge in [0.2, 0.25) is 10.0 Å². The molecule has 0 aliphatic heterocycles. The molecule has 0 aromatic carbocycles. The Labute approximate surface area is 134 Å². The standard InChI is InChI=1S/C13H23BrN2O2S2/c1-5-7-15-9-10-8-11(12(14)19-10)20(17,18)16-13(3,4)6-2/h8,15-16H,5-7,9H2,1-4H3. The first kappa shape index (κ1) is 18.1. The minimum Gasteiger partial charge on any atom is -0.312 e. The van der Waals surface area contributed by atoms with Crippen LogP contribution in [-0.2, 0) is 16.6 Å². The lowest BCUT2D eigenvalue weighted by Crippen LogP contribution is -2.42. The maximum atomic E-state index is 12.4. The van der Waals surface area contributed by atoms with Gasteiger partial charge in [0.1, 0.15) is 4.90 Å². The molecule has 0 fully saturated rings. The van der Waals surface area contributed by atoms with Gasteiger partial charge in [-0.05, 0) is 55.2 Å². The largest absolute Gasteiger partial charge is 0.312 e. The van der Waals surface area contributed by atoms with Gasteiger partial charge in [-0.25, -0.2) is 13.1 Å². The maximum Gasteiger partial charge on any atom is 0.243 e. The Morgan fingerprint density at radius 2 is 2.00 bits per heavy atom. The van der Waals surface area contributed by atoms with Crippen molar-refractivity contribution in [3.05, 3.63) is 14.7 Å². The fourth-order valence-electron chi connectivity index (χ4n) is 1.55. The van der Waals surface area contributed by atoms with Crippen molar-refractivity contribution in [1.29, 1.82) is 0 Å². The molecule has 1 rings (SSSR count). The molecule has 0 atom stereocenters. The molecule has 1 aromatic heterocycles. The predicted molar refractivity (Wildman–Crippen MR) is 88.7 cm³/mol. The molecule has 0 radical (unpaired) electrons. The third-order valence-corrected chi connectivity index (χ3v) is 6.97. The maximum absolute atomic E-state index is 12.4. The Morgan fingerprint density at radius 1 is 1.35 bits per heavy atom. The molecule has 1 aromatic rings. The lowest BCUT2D eigenvalue weighted by molar-refractivity contribution is 0.439. The molecule has 0 amide bonds. The van der Waals surface area contributed by atoms with Crippen LogP contribution >= 0.6 is 27.3 Å². The Bertz CT molecular complexity index is 539. The highest BCUT2D eigenvalue weighted by Crippen LogP contribution is 2.32. The van der Waals surface area contributed by atoms with Gasteiger partial charge in [-0.3, -0.25) is 0 Å². The van der Waals surface area contributed by atoms with Crippen LogP contribution in [0.3, 0.4) is 0 Å². The summed E-state index contributed by atoms with van der Waals surface area (Å²) in [7, 11) is -3.48. The summed E-state index contributed by atoms with van der Waals surface area (Å²) >= 11 is 4.82. The van der Waals surface area contributed by atoms with E-state index in [0.717, 1.165) is 24.3 Å². The lowest BCUT2D eigenvalue weighted by Gasteiger charge is -2.23. The van der Waals surface area contributed by atoms with E-state index in [1.807, 2.05) is 20.8 Å². The van der Waals surface area contributed by atoms with Gasteiger partial charge >= 0.3 is 0 Å². The van der Waals surface area contributed by atoms with Crippen molar-refractivity contribution in [2.75, 3.05) is 6.54 Å². The summed E-state index contributed by atoms with van der Waals surface area (Å²) < 4.78 is 28.2. The molecule has 116 valence electrons. The number of nitrogens with one attached hydrogen (secondary N) is 2. The van der Waals surface area contributed by atoms with Gasteiger partial charge in [0.05, 0.1) is 3.79 Å². The van der Waals surface area contributed by atoms with Crippen molar-refractivity contribution in [2.45, 2.75) is 57.5 Å². The van der Waals surface area contributed by atoms with Gasteiger partial charge in [-0.15, -0.1) is 11.3 Å². The highest BCUT2D eigenvalue weighted by molar-refractivity contribution is 9.11. The molecule has 0 aliphatic rings. The molecule has 7 heteroatoms. The van der Waals surface area contributed by atoms with Crippen LogP contribution in [0.15, 0.2) is 14.7 Å². The van der Waals surface area contributed by atoms with Gasteiger partial charge in [0, 0.05) is 17.0 Å². The predicted octanol–water partition coefficient (Wildman–Crippen LogP) is 3.48. The molecule has 0 saturated carbocycles. The van der Waals surface area contributed by atoms with Crippen molar-refractivity contribution in [3.63, 3.8) is 0 Å². The number of halogens is 1. The molecule has 20 heavy (non-hydrogen) atoms. The fraction of sp³-hybridized carbons (Fsp3) is 0.692. The van der Waals surface area contributed by atoms with Gasteiger partial charge < -0.3 is 5.32 Å². The van der Waals surface area contributed by atoms with Crippen LogP contribution in [0.25, 0.3) is 0 Å². The summed E-state index contributed by atoms with van der Waals surface area (Å²) in [5.41, 5.74) is -0.444. The fourth-order valence-corrected chi connectivity index (χ4v) is 5.68. The van der Waals surface area contributed by atoms with E-state index in [4.69, 9.17) is 0 Å². The van der Waals surface area contributed by atoms with Crippen molar-refractivity contribution in [3.8, 4) is 0 Å². The van der Waals surface area contributed by atoms with Crippen molar-refractivity contribution >= 4 is 37.3 Å². The SMILES string of the molecule is CCCNCc1cc(S(=O)(=O)NC(C)(C)CC)c(Br)s1. The highest BCUT2D eigenvalue weighted by Gasteiger charge is 2.27. The molecule has 0 spiro atoms. The first-order valence-electron chi connectivity index (χ1n) is 6.74. The van der Waals surface area contributed by atoms with Crippen LogP contribution in [0.5, 0.6) is 0 Å².